The third-order valence-electron chi connectivity index (χ3n) is 3.17. The number of carbonyl (C=O) groups is 1. The first-order chi connectivity index (χ1) is 10.1. The van der Waals surface area contributed by atoms with Crippen molar-refractivity contribution in [3.8, 4) is 11.5 Å². The van der Waals surface area contributed by atoms with E-state index in [1.54, 1.807) is 42.7 Å². The van der Waals surface area contributed by atoms with Gasteiger partial charge in [0.1, 0.15) is 5.75 Å². The number of carbonyl (C=O) groups excluding carboxylic acids is 1. The number of rotatable bonds is 3. The summed E-state index contributed by atoms with van der Waals surface area (Å²) in [5, 5.41) is 1.81. The second-order valence-electron chi connectivity index (χ2n) is 4.57. The number of hydrogen-bond acceptors (Lipinski definition) is 4. The Morgan fingerprint density at radius 2 is 2.00 bits per heavy atom. The van der Waals surface area contributed by atoms with Crippen molar-refractivity contribution < 1.29 is 9.53 Å². The smallest absolute Gasteiger partial charge is 0.248 e. The van der Waals surface area contributed by atoms with Crippen LogP contribution >= 0.6 is 0 Å². The second-order valence-corrected chi connectivity index (χ2v) is 4.57. The van der Waals surface area contributed by atoms with E-state index in [1.807, 2.05) is 12.1 Å². The Labute approximate surface area is 121 Å². The third kappa shape index (κ3) is 2.49. The molecule has 0 aliphatic rings. The molecule has 21 heavy (non-hydrogen) atoms. The Morgan fingerprint density at radius 3 is 2.81 bits per heavy atom. The van der Waals surface area contributed by atoms with Crippen LogP contribution in [0, 0.1) is 0 Å². The van der Waals surface area contributed by atoms with Crippen LogP contribution in [0.15, 0.2) is 54.9 Å². The summed E-state index contributed by atoms with van der Waals surface area (Å²) < 4.78 is 5.75. The van der Waals surface area contributed by atoms with Crippen molar-refractivity contribution in [2.75, 3.05) is 5.73 Å². The largest absolute Gasteiger partial charge is 0.455 e. The molecule has 0 atom stereocenters. The number of hydrogen-bond donors (Lipinski definition) is 2. The SMILES string of the molecule is NC(=O)c1cccc(Oc2ccc3cnccc3c2N)c1. The molecule has 0 bridgehead atoms. The number of benzene rings is 2. The van der Waals surface area contributed by atoms with Gasteiger partial charge in [-0.15, -0.1) is 0 Å². The number of nitrogens with zero attached hydrogens (tertiary/aromatic N) is 1. The highest BCUT2D eigenvalue weighted by atomic mass is 16.5. The van der Waals surface area contributed by atoms with Gasteiger partial charge in [0, 0.05) is 28.7 Å². The molecule has 0 spiro atoms. The van der Waals surface area contributed by atoms with E-state index in [9.17, 15) is 4.79 Å². The summed E-state index contributed by atoms with van der Waals surface area (Å²) >= 11 is 0. The van der Waals surface area contributed by atoms with Gasteiger partial charge in [-0.3, -0.25) is 9.78 Å². The highest BCUT2D eigenvalue weighted by molar-refractivity contribution is 5.95. The van der Waals surface area contributed by atoms with E-state index in [1.165, 1.54) is 0 Å². The van der Waals surface area contributed by atoms with Gasteiger partial charge in [0.15, 0.2) is 5.75 Å². The van der Waals surface area contributed by atoms with Gasteiger partial charge in [-0.2, -0.15) is 0 Å². The van der Waals surface area contributed by atoms with Crippen molar-refractivity contribution in [3.63, 3.8) is 0 Å². The molecule has 0 unspecified atom stereocenters. The standard InChI is InChI=1S/C16H13N3O2/c17-15-13-6-7-19-9-11(13)4-5-14(15)21-12-3-1-2-10(8-12)16(18)20/h1-9H,17H2,(H2,18,20). The summed E-state index contributed by atoms with van der Waals surface area (Å²) in [5.74, 6) is 0.528. The van der Waals surface area contributed by atoms with Gasteiger partial charge in [0.05, 0.1) is 5.69 Å². The van der Waals surface area contributed by atoms with Crippen LogP contribution in [0.4, 0.5) is 5.69 Å². The van der Waals surface area contributed by atoms with Gasteiger partial charge in [-0.25, -0.2) is 0 Å². The van der Waals surface area contributed by atoms with Crippen LogP contribution < -0.4 is 16.2 Å². The van der Waals surface area contributed by atoms with Crippen LogP contribution in [0.25, 0.3) is 10.8 Å². The average Bonchev–Trinajstić information content (AvgIpc) is 2.51. The lowest BCUT2D eigenvalue weighted by Gasteiger charge is -2.11. The zero-order valence-corrected chi connectivity index (χ0v) is 11.1. The topological polar surface area (TPSA) is 91.2 Å². The van der Waals surface area contributed by atoms with Gasteiger partial charge in [0.25, 0.3) is 0 Å². The number of ether oxygens (including phenoxy) is 1. The Balaban J connectivity index is 2.00. The van der Waals surface area contributed by atoms with Gasteiger partial charge in [-0.05, 0) is 36.4 Å². The number of primary amides is 1. The van der Waals surface area contributed by atoms with Crippen molar-refractivity contribution in [1.29, 1.82) is 0 Å². The van der Waals surface area contributed by atoms with Crippen molar-refractivity contribution in [3.05, 3.63) is 60.4 Å². The van der Waals surface area contributed by atoms with E-state index in [4.69, 9.17) is 16.2 Å². The summed E-state index contributed by atoms with van der Waals surface area (Å²) in [6.45, 7) is 0. The first-order valence-corrected chi connectivity index (χ1v) is 6.35. The number of amides is 1. The van der Waals surface area contributed by atoms with Crippen molar-refractivity contribution >= 4 is 22.4 Å². The molecule has 0 radical (unpaired) electrons. The first kappa shape index (κ1) is 12.9. The minimum atomic E-state index is -0.502. The normalized spacial score (nSPS) is 10.5. The fourth-order valence-electron chi connectivity index (χ4n) is 2.10. The van der Waals surface area contributed by atoms with E-state index in [2.05, 4.69) is 4.98 Å². The molecular formula is C16H13N3O2. The lowest BCUT2D eigenvalue weighted by molar-refractivity contribution is 0.1000. The van der Waals surface area contributed by atoms with Crippen LogP contribution in [0.5, 0.6) is 11.5 Å². The van der Waals surface area contributed by atoms with Gasteiger partial charge in [0.2, 0.25) is 5.91 Å². The summed E-state index contributed by atoms with van der Waals surface area (Å²) in [7, 11) is 0. The predicted octanol–water partition coefficient (Wildman–Crippen LogP) is 2.71. The molecule has 5 nitrogen and oxygen atoms in total. The van der Waals surface area contributed by atoms with Crippen LogP contribution in [0.1, 0.15) is 10.4 Å². The Morgan fingerprint density at radius 1 is 1.14 bits per heavy atom. The average molecular weight is 279 g/mol. The maximum atomic E-state index is 11.2. The van der Waals surface area contributed by atoms with Crippen LogP contribution in [-0.4, -0.2) is 10.9 Å². The summed E-state index contributed by atoms with van der Waals surface area (Å²) in [6, 6.07) is 12.1. The second kappa shape index (κ2) is 5.13. The van der Waals surface area contributed by atoms with Gasteiger partial charge >= 0.3 is 0 Å². The molecule has 3 rings (SSSR count). The highest BCUT2D eigenvalue weighted by Gasteiger charge is 2.08. The highest BCUT2D eigenvalue weighted by Crippen LogP contribution is 2.33. The molecule has 1 aromatic heterocycles. The van der Waals surface area contributed by atoms with E-state index < -0.39 is 5.91 Å². The van der Waals surface area contributed by atoms with E-state index in [0.29, 0.717) is 22.7 Å². The molecule has 1 heterocycles. The number of nitrogens with two attached hydrogens (primary N) is 2. The molecule has 2 aromatic carbocycles. The number of anilines is 1. The lowest BCUT2D eigenvalue weighted by Crippen LogP contribution is -2.10. The molecule has 1 amide bonds. The fraction of sp³-hybridized carbons (Fsp3) is 0. The Bertz CT molecular complexity index is 831. The quantitative estimate of drug-likeness (QED) is 0.721. The van der Waals surface area contributed by atoms with Crippen LogP contribution in [0.3, 0.4) is 0 Å². The monoisotopic (exact) mass is 279 g/mol. The zero-order valence-electron chi connectivity index (χ0n) is 11.1. The number of aromatic nitrogens is 1. The van der Waals surface area contributed by atoms with Crippen molar-refractivity contribution in [1.82, 2.24) is 4.98 Å². The molecule has 104 valence electrons. The predicted molar refractivity (Wildman–Crippen MR) is 81.2 cm³/mol. The van der Waals surface area contributed by atoms with E-state index in [0.717, 1.165) is 10.8 Å². The fourth-order valence-corrected chi connectivity index (χ4v) is 2.10. The van der Waals surface area contributed by atoms with Gasteiger partial charge < -0.3 is 16.2 Å². The number of nitrogen functional groups attached to an aromatic ring is 1. The maximum absolute atomic E-state index is 11.2. The lowest BCUT2D eigenvalue weighted by atomic mass is 10.1. The minimum absolute atomic E-state index is 0.385. The van der Waals surface area contributed by atoms with Crippen LogP contribution in [0.2, 0.25) is 0 Å². The summed E-state index contributed by atoms with van der Waals surface area (Å²) in [5.41, 5.74) is 12.3. The molecule has 0 saturated heterocycles. The number of fused-ring (bicyclic) bond motifs is 1. The van der Waals surface area contributed by atoms with Crippen molar-refractivity contribution in [2.45, 2.75) is 0 Å². The van der Waals surface area contributed by atoms with Crippen molar-refractivity contribution in [2.24, 2.45) is 5.73 Å². The summed E-state index contributed by atoms with van der Waals surface area (Å²) in [6.07, 6.45) is 3.42. The molecule has 0 aliphatic carbocycles. The molecular weight excluding hydrogens is 266 g/mol. The maximum Gasteiger partial charge on any atom is 0.248 e. The van der Waals surface area contributed by atoms with E-state index >= 15 is 0 Å². The molecule has 0 fully saturated rings. The Kier molecular flexibility index (Phi) is 3.16. The molecule has 0 aliphatic heterocycles. The molecule has 0 saturated carbocycles. The van der Waals surface area contributed by atoms with E-state index in [-0.39, 0.29) is 0 Å². The molecule has 5 heteroatoms. The zero-order chi connectivity index (χ0) is 14.8. The molecule has 3 aromatic rings. The summed E-state index contributed by atoms with van der Waals surface area (Å²) in [4.78, 5) is 15.2. The number of pyridine rings is 1. The van der Waals surface area contributed by atoms with Crippen LogP contribution in [-0.2, 0) is 0 Å². The molecule has 4 N–H and O–H groups in total. The first-order valence-electron chi connectivity index (χ1n) is 6.35. The third-order valence-corrected chi connectivity index (χ3v) is 3.17. The Hall–Kier alpha value is -3.08. The minimum Gasteiger partial charge on any atom is -0.455 e. The van der Waals surface area contributed by atoms with Gasteiger partial charge in [-0.1, -0.05) is 6.07 Å².